The average Bonchev–Trinajstić information content (AvgIpc) is 2.32. The van der Waals surface area contributed by atoms with E-state index in [2.05, 4.69) is 55.0 Å². The highest BCUT2D eigenvalue weighted by atomic mass is 14.4. The maximum Gasteiger partial charge on any atom is -0.0154 e. The van der Waals surface area contributed by atoms with Gasteiger partial charge < -0.3 is 0 Å². The maximum absolute atomic E-state index is 4.33. The molecule has 0 heterocycles. The lowest BCUT2D eigenvalue weighted by Crippen LogP contribution is -2.37. The summed E-state index contributed by atoms with van der Waals surface area (Å²) in [6.45, 7) is 21.1. The SMILES string of the molecule is C=C(C)C(C(C)C)C(CCC)C1CC(C)C(C)CC1C. The lowest BCUT2D eigenvalue weighted by atomic mass is 9.60. The highest BCUT2D eigenvalue weighted by Gasteiger charge is 2.38. The van der Waals surface area contributed by atoms with Gasteiger partial charge in [0.15, 0.2) is 0 Å². The van der Waals surface area contributed by atoms with Gasteiger partial charge in [-0.1, -0.05) is 60.1 Å². The van der Waals surface area contributed by atoms with E-state index in [1.807, 2.05) is 0 Å². The topological polar surface area (TPSA) is 0 Å². The van der Waals surface area contributed by atoms with Gasteiger partial charge in [0.25, 0.3) is 0 Å². The molecule has 6 unspecified atom stereocenters. The third-order valence-corrected chi connectivity index (χ3v) is 6.01. The average molecular weight is 279 g/mol. The number of hydrogen-bond donors (Lipinski definition) is 0. The number of rotatable bonds is 6. The van der Waals surface area contributed by atoms with Crippen molar-refractivity contribution >= 4 is 0 Å². The third kappa shape index (κ3) is 4.12. The van der Waals surface area contributed by atoms with Crippen molar-refractivity contribution in [3.63, 3.8) is 0 Å². The van der Waals surface area contributed by atoms with Crippen LogP contribution in [0, 0.1) is 41.4 Å². The molecule has 0 heteroatoms. The normalized spacial score (nSPS) is 34.0. The van der Waals surface area contributed by atoms with Crippen LogP contribution in [0.25, 0.3) is 0 Å². The van der Waals surface area contributed by atoms with Gasteiger partial charge in [-0.25, -0.2) is 0 Å². The molecule has 118 valence electrons. The lowest BCUT2D eigenvalue weighted by molar-refractivity contribution is 0.0593. The Kier molecular flexibility index (Phi) is 6.82. The van der Waals surface area contributed by atoms with Crippen LogP contribution < -0.4 is 0 Å². The molecular formula is C20H38. The summed E-state index contributed by atoms with van der Waals surface area (Å²) in [6.07, 6.45) is 5.55. The van der Waals surface area contributed by atoms with E-state index in [0.29, 0.717) is 5.92 Å². The first-order valence-electron chi connectivity index (χ1n) is 8.94. The molecule has 0 amide bonds. The molecule has 0 saturated heterocycles. The Hall–Kier alpha value is -0.260. The van der Waals surface area contributed by atoms with E-state index in [9.17, 15) is 0 Å². The first-order valence-corrected chi connectivity index (χ1v) is 8.94. The second-order valence-corrected chi connectivity index (χ2v) is 8.14. The summed E-state index contributed by atoms with van der Waals surface area (Å²) in [4.78, 5) is 0. The zero-order valence-corrected chi connectivity index (χ0v) is 15.1. The van der Waals surface area contributed by atoms with Crippen molar-refractivity contribution in [3.05, 3.63) is 12.2 Å². The van der Waals surface area contributed by atoms with Crippen LogP contribution in [-0.2, 0) is 0 Å². The van der Waals surface area contributed by atoms with Crippen molar-refractivity contribution in [2.24, 2.45) is 41.4 Å². The fraction of sp³-hybridized carbons (Fsp3) is 0.900. The molecule has 20 heavy (non-hydrogen) atoms. The van der Waals surface area contributed by atoms with Crippen molar-refractivity contribution in [1.82, 2.24) is 0 Å². The molecule has 0 bridgehead atoms. The monoisotopic (exact) mass is 278 g/mol. The van der Waals surface area contributed by atoms with Crippen LogP contribution in [0.2, 0.25) is 0 Å². The van der Waals surface area contributed by atoms with Crippen LogP contribution in [0.4, 0.5) is 0 Å². The van der Waals surface area contributed by atoms with E-state index in [1.54, 1.807) is 0 Å². The predicted octanol–water partition coefficient (Wildman–Crippen LogP) is 6.57. The van der Waals surface area contributed by atoms with Gasteiger partial charge in [-0.05, 0) is 67.6 Å². The van der Waals surface area contributed by atoms with Crippen molar-refractivity contribution < 1.29 is 0 Å². The summed E-state index contributed by atoms with van der Waals surface area (Å²) in [5.74, 6) is 5.89. The van der Waals surface area contributed by atoms with Crippen molar-refractivity contribution in [1.29, 1.82) is 0 Å². The zero-order chi connectivity index (χ0) is 15.4. The number of hydrogen-bond acceptors (Lipinski definition) is 0. The van der Waals surface area contributed by atoms with Crippen molar-refractivity contribution in [2.45, 2.75) is 74.1 Å². The standard InChI is InChI=1S/C20H38/c1-9-10-18(20(13(2)3)14(4)5)19-12-16(7)15(6)11-17(19)8/h14-20H,2,9-12H2,1,3-8H3. The summed E-state index contributed by atoms with van der Waals surface area (Å²) in [5.41, 5.74) is 1.41. The zero-order valence-electron chi connectivity index (χ0n) is 15.1. The van der Waals surface area contributed by atoms with Crippen LogP contribution in [-0.4, -0.2) is 0 Å². The molecule has 0 aliphatic heterocycles. The molecule has 1 saturated carbocycles. The van der Waals surface area contributed by atoms with Crippen molar-refractivity contribution in [2.75, 3.05) is 0 Å². The second-order valence-electron chi connectivity index (χ2n) is 8.14. The molecule has 0 aromatic carbocycles. The molecule has 0 spiro atoms. The Balaban J connectivity index is 2.96. The van der Waals surface area contributed by atoms with E-state index in [1.165, 1.54) is 31.3 Å². The molecule has 1 rings (SSSR count). The number of allylic oxidation sites excluding steroid dienone is 1. The molecule has 0 aromatic rings. The summed E-state index contributed by atoms with van der Waals surface area (Å²) in [5, 5.41) is 0. The fourth-order valence-corrected chi connectivity index (χ4v) is 4.91. The Morgan fingerprint density at radius 1 is 1.05 bits per heavy atom. The summed E-state index contributed by atoms with van der Waals surface area (Å²) in [6, 6.07) is 0. The van der Waals surface area contributed by atoms with Gasteiger partial charge in [-0.2, -0.15) is 0 Å². The van der Waals surface area contributed by atoms with Gasteiger partial charge in [0.05, 0.1) is 0 Å². The first kappa shape index (κ1) is 17.8. The third-order valence-electron chi connectivity index (χ3n) is 6.01. The molecule has 0 nitrogen and oxygen atoms in total. The van der Waals surface area contributed by atoms with Gasteiger partial charge in [-0.15, -0.1) is 0 Å². The Labute approximate surface area is 128 Å². The summed E-state index contributed by atoms with van der Waals surface area (Å²) < 4.78 is 0. The Bertz CT molecular complexity index is 301. The fourth-order valence-electron chi connectivity index (χ4n) is 4.91. The minimum Gasteiger partial charge on any atom is -0.0998 e. The largest absolute Gasteiger partial charge is 0.0998 e. The minimum absolute atomic E-state index is 0.711. The van der Waals surface area contributed by atoms with Gasteiger partial charge >= 0.3 is 0 Å². The smallest absolute Gasteiger partial charge is 0.0154 e. The highest BCUT2D eigenvalue weighted by molar-refractivity contribution is 5.03. The molecule has 1 aliphatic rings. The maximum atomic E-state index is 4.33. The molecule has 1 fully saturated rings. The van der Waals surface area contributed by atoms with Gasteiger partial charge in [-0.3, -0.25) is 0 Å². The molecule has 1 aliphatic carbocycles. The molecule has 0 radical (unpaired) electrons. The Morgan fingerprint density at radius 2 is 1.60 bits per heavy atom. The van der Waals surface area contributed by atoms with Crippen LogP contribution in [0.1, 0.15) is 74.1 Å². The molecule has 6 atom stereocenters. The van der Waals surface area contributed by atoms with Crippen LogP contribution in [0.15, 0.2) is 12.2 Å². The second kappa shape index (κ2) is 7.66. The van der Waals surface area contributed by atoms with Crippen molar-refractivity contribution in [3.8, 4) is 0 Å². The van der Waals surface area contributed by atoms with Crippen LogP contribution in [0.5, 0.6) is 0 Å². The van der Waals surface area contributed by atoms with E-state index in [4.69, 9.17) is 0 Å². The van der Waals surface area contributed by atoms with Crippen LogP contribution >= 0.6 is 0 Å². The van der Waals surface area contributed by atoms with E-state index in [-0.39, 0.29) is 0 Å². The first-order chi connectivity index (χ1) is 9.29. The molecule has 0 N–H and O–H groups in total. The van der Waals surface area contributed by atoms with Gasteiger partial charge in [0.1, 0.15) is 0 Å². The van der Waals surface area contributed by atoms with E-state index < -0.39 is 0 Å². The predicted molar refractivity (Wildman–Crippen MR) is 91.8 cm³/mol. The van der Waals surface area contributed by atoms with E-state index >= 15 is 0 Å². The summed E-state index contributed by atoms with van der Waals surface area (Å²) >= 11 is 0. The van der Waals surface area contributed by atoms with Gasteiger partial charge in [0.2, 0.25) is 0 Å². The van der Waals surface area contributed by atoms with Crippen LogP contribution in [0.3, 0.4) is 0 Å². The highest BCUT2D eigenvalue weighted by Crippen LogP contribution is 2.47. The Morgan fingerprint density at radius 3 is 2.05 bits per heavy atom. The summed E-state index contributed by atoms with van der Waals surface area (Å²) in [7, 11) is 0. The molecular weight excluding hydrogens is 240 g/mol. The van der Waals surface area contributed by atoms with E-state index in [0.717, 1.165) is 35.5 Å². The quantitative estimate of drug-likeness (QED) is 0.482. The lowest BCUT2D eigenvalue weighted by Gasteiger charge is -2.45. The minimum atomic E-state index is 0.711. The van der Waals surface area contributed by atoms with Gasteiger partial charge in [0, 0.05) is 0 Å². The molecule has 0 aromatic heterocycles.